The van der Waals surface area contributed by atoms with Gasteiger partial charge in [-0.3, -0.25) is 20.4 Å². The molecule has 72 valence electrons. The van der Waals surface area contributed by atoms with Gasteiger partial charge in [0.25, 0.3) is 11.8 Å². The lowest BCUT2D eigenvalue weighted by Gasteiger charge is -1.91. The van der Waals surface area contributed by atoms with Crippen LogP contribution < -0.4 is 22.5 Å². The van der Waals surface area contributed by atoms with Crippen LogP contribution in [0.5, 0.6) is 0 Å². The van der Waals surface area contributed by atoms with E-state index in [9.17, 15) is 9.59 Å². The second kappa shape index (κ2) is 6.83. The summed E-state index contributed by atoms with van der Waals surface area (Å²) in [5, 5.41) is 0. The van der Waals surface area contributed by atoms with Gasteiger partial charge in [0.15, 0.2) is 0 Å². The Balaban J connectivity index is 3.66. The van der Waals surface area contributed by atoms with E-state index in [1.807, 2.05) is 10.9 Å². The number of carbonyl (C=O) groups is 2. The molecule has 0 aromatic heterocycles. The van der Waals surface area contributed by atoms with Crippen molar-refractivity contribution in [1.29, 1.82) is 0 Å². The molecule has 0 bridgehead atoms. The summed E-state index contributed by atoms with van der Waals surface area (Å²) >= 11 is 0. The Morgan fingerprint density at radius 2 is 1.38 bits per heavy atom. The smallest absolute Gasteiger partial charge is 0.260 e. The van der Waals surface area contributed by atoms with Gasteiger partial charge in [0.05, 0.1) is 12.5 Å². The summed E-state index contributed by atoms with van der Waals surface area (Å²) in [5.74, 6) is 8.47. The molecule has 0 saturated heterocycles. The Hall–Kier alpha value is -1.86. The van der Waals surface area contributed by atoms with Crippen LogP contribution >= 0.6 is 0 Å². The lowest BCUT2D eigenvalue weighted by Crippen LogP contribution is -2.28. The fourth-order valence-electron chi connectivity index (χ4n) is 0.344. The van der Waals surface area contributed by atoms with E-state index in [0.29, 0.717) is 0 Å². The lowest BCUT2D eigenvalue weighted by atomic mass is 10.6. The van der Waals surface area contributed by atoms with Crippen molar-refractivity contribution in [3.63, 3.8) is 0 Å². The van der Waals surface area contributed by atoms with Crippen molar-refractivity contribution in [2.24, 2.45) is 11.7 Å². The van der Waals surface area contributed by atoms with Crippen LogP contribution in [0.2, 0.25) is 0 Å². The molecule has 0 spiro atoms. The van der Waals surface area contributed by atoms with Gasteiger partial charge < -0.3 is 4.74 Å². The van der Waals surface area contributed by atoms with Gasteiger partial charge >= 0.3 is 0 Å². The Labute approximate surface area is 74.3 Å². The van der Waals surface area contributed by atoms with Crippen LogP contribution in [0.15, 0.2) is 24.7 Å². The van der Waals surface area contributed by atoms with Gasteiger partial charge in [0.1, 0.15) is 0 Å². The van der Waals surface area contributed by atoms with Crippen LogP contribution in [0.1, 0.15) is 0 Å². The van der Waals surface area contributed by atoms with Crippen molar-refractivity contribution in [3.05, 3.63) is 24.7 Å². The molecule has 0 heterocycles. The van der Waals surface area contributed by atoms with Crippen molar-refractivity contribution in [3.8, 4) is 0 Å². The second-order valence-electron chi connectivity index (χ2n) is 1.76. The molecule has 0 aliphatic carbocycles. The number of amides is 2. The number of hydrogen-bond donors (Lipinski definition) is 4. The zero-order chi connectivity index (χ0) is 10.1. The summed E-state index contributed by atoms with van der Waals surface area (Å²) in [5.41, 5.74) is 3.69. The first-order chi connectivity index (χ1) is 6.20. The van der Waals surface area contributed by atoms with E-state index in [-0.39, 0.29) is 0 Å². The Morgan fingerprint density at radius 3 is 1.69 bits per heavy atom. The van der Waals surface area contributed by atoms with E-state index in [0.717, 1.165) is 24.7 Å². The highest BCUT2D eigenvalue weighted by molar-refractivity contribution is 5.87. The fraction of sp³-hybridized carbons (Fsp3) is 0. The van der Waals surface area contributed by atoms with Crippen LogP contribution in [0.4, 0.5) is 0 Å². The molecule has 0 atom stereocenters. The van der Waals surface area contributed by atoms with E-state index < -0.39 is 11.8 Å². The number of nitrogens with two attached hydrogens (primary N) is 2. The van der Waals surface area contributed by atoms with Crippen molar-refractivity contribution >= 4 is 11.8 Å². The highest BCUT2D eigenvalue weighted by Gasteiger charge is 1.88. The molecule has 13 heavy (non-hydrogen) atoms. The molecular formula is C6H10N4O3. The summed E-state index contributed by atoms with van der Waals surface area (Å²) in [7, 11) is 0. The second-order valence-corrected chi connectivity index (χ2v) is 1.76. The average molecular weight is 186 g/mol. The summed E-state index contributed by atoms with van der Waals surface area (Å²) in [4.78, 5) is 20.9. The first kappa shape index (κ1) is 11.1. The van der Waals surface area contributed by atoms with Gasteiger partial charge in [-0.25, -0.2) is 11.7 Å². The normalized spacial score (nSPS) is 10.3. The Morgan fingerprint density at radius 1 is 1.00 bits per heavy atom. The zero-order valence-corrected chi connectivity index (χ0v) is 6.69. The molecule has 0 aliphatic heterocycles. The van der Waals surface area contributed by atoms with E-state index in [2.05, 4.69) is 4.74 Å². The molecular weight excluding hydrogens is 176 g/mol. The van der Waals surface area contributed by atoms with Crippen LogP contribution in [0.25, 0.3) is 0 Å². The zero-order valence-electron chi connectivity index (χ0n) is 6.69. The first-order valence-corrected chi connectivity index (χ1v) is 3.20. The quantitative estimate of drug-likeness (QED) is 0.133. The largest absolute Gasteiger partial charge is 0.472 e. The number of hydrazine groups is 2. The molecule has 0 saturated carbocycles. The standard InChI is InChI=1S/C6H10N4O3/c7-9-5(11)1-3-13-4-2-6(12)10-8/h1-4H,7-8H2,(H,9,11)(H,10,12). The summed E-state index contributed by atoms with van der Waals surface area (Å²) in [6.45, 7) is 0. The van der Waals surface area contributed by atoms with Crippen LogP contribution in [0.3, 0.4) is 0 Å². The number of hydrogen-bond acceptors (Lipinski definition) is 5. The highest BCUT2D eigenvalue weighted by Crippen LogP contribution is 1.80. The van der Waals surface area contributed by atoms with Gasteiger partial charge in [-0.2, -0.15) is 0 Å². The monoisotopic (exact) mass is 186 g/mol. The van der Waals surface area contributed by atoms with Crippen molar-refractivity contribution in [1.82, 2.24) is 10.9 Å². The SMILES string of the molecule is NNC(=O)C=COC=CC(=O)NN. The van der Waals surface area contributed by atoms with Crippen LogP contribution in [-0.2, 0) is 14.3 Å². The average Bonchev–Trinajstić information content (AvgIpc) is 2.16. The maximum absolute atomic E-state index is 10.4. The molecule has 0 radical (unpaired) electrons. The highest BCUT2D eigenvalue weighted by atomic mass is 16.5. The summed E-state index contributed by atoms with van der Waals surface area (Å²) in [6, 6.07) is 0. The third-order valence-electron chi connectivity index (χ3n) is 0.880. The van der Waals surface area contributed by atoms with E-state index >= 15 is 0 Å². The minimum absolute atomic E-state index is 0.517. The minimum atomic E-state index is -0.517. The maximum Gasteiger partial charge on any atom is 0.260 e. The molecule has 0 fully saturated rings. The molecule has 0 aromatic carbocycles. The first-order valence-electron chi connectivity index (χ1n) is 3.20. The third-order valence-corrected chi connectivity index (χ3v) is 0.880. The number of carbonyl (C=O) groups excluding carboxylic acids is 2. The van der Waals surface area contributed by atoms with E-state index in [1.165, 1.54) is 0 Å². The summed E-state index contributed by atoms with van der Waals surface area (Å²) < 4.78 is 4.58. The topological polar surface area (TPSA) is 119 Å². The molecule has 7 nitrogen and oxygen atoms in total. The van der Waals surface area contributed by atoms with Crippen LogP contribution in [-0.4, -0.2) is 11.8 Å². The van der Waals surface area contributed by atoms with Gasteiger partial charge in [-0.1, -0.05) is 0 Å². The van der Waals surface area contributed by atoms with Gasteiger partial charge in [-0.05, 0) is 0 Å². The third kappa shape index (κ3) is 6.53. The predicted molar refractivity (Wildman–Crippen MR) is 44.0 cm³/mol. The van der Waals surface area contributed by atoms with E-state index in [4.69, 9.17) is 11.7 Å². The Kier molecular flexibility index (Phi) is 5.85. The molecule has 2 amide bonds. The van der Waals surface area contributed by atoms with Gasteiger partial charge in [0.2, 0.25) is 0 Å². The number of rotatable bonds is 4. The molecule has 0 unspecified atom stereocenters. The van der Waals surface area contributed by atoms with Crippen molar-refractivity contribution in [2.75, 3.05) is 0 Å². The Bertz CT molecular complexity index is 212. The number of ether oxygens (including phenoxy) is 1. The van der Waals surface area contributed by atoms with Crippen LogP contribution in [0, 0.1) is 0 Å². The molecule has 0 rings (SSSR count). The molecule has 7 heteroatoms. The fourth-order valence-corrected chi connectivity index (χ4v) is 0.344. The maximum atomic E-state index is 10.4. The molecule has 0 aromatic rings. The summed E-state index contributed by atoms with van der Waals surface area (Å²) in [6.07, 6.45) is 4.21. The lowest BCUT2D eigenvalue weighted by molar-refractivity contribution is -0.117. The predicted octanol–water partition coefficient (Wildman–Crippen LogP) is -1.99. The van der Waals surface area contributed by atoms with Gasteiger partial charge in [0, 0.05) is 12.2 Å². The minimum Gasteiger partial charge on any atom is -0.472 e. The molecule has 6 N–H and O–H groups in total. The van der Waals surface area contributed by atoms with Crippen molar-refractivity contribution in [2.45, 2.75) is 0 Å². The van der Waals surface area contributed by atoms with Crippen molar-refractivity contribution < 1.29 is 14.3 Å². The molecule has 0 aliphatic rings. The van der Waals surface area contributed by atoms with Gasteiger partial charge in [-0.15, -0.1) is 0 Å². The number of nitrogens with one attached hydrogen (secondary N) is 2. The van der Waals surface area contributed by atoms with E-state index in [1.54, 1.807) is 0 Å².